The van der Waals surface area contributed by atoms with Gasteiger partial charge in [0.15, 0.2) is 0 Å². The maximum Gasteiger partial charge on any atom is 0.269 e. The van der Waals surface area contributed by atoms with E-state index in [2.05, 4.69) is 134 Å². The van der Waals surface area contributed by atoms with Crippen molar-refractivity contribution in [3.8, 4) is 28.8 Å². The first-order chi connectivity index (χ1) is 28.0. The second kappa shape index (κ2) is 15.2. The first kappa shape index (κ1) is 39.4. The van der Waals surface area contributed by atoms with E-state index < -0.39 is 11.8 Å². The van der Waals surface area contributed by atoms with Crippen molar-refractivity contribution in [2.75, 3.05) is 0 Å². The number of pyridine rings is 2. The zero-order chi connectivity index (χ0) is 43.2. The summed E-state index contributed by atoms with van der Waals surface area (Å²) in [5.41, 5.74) is 8.24. The van der Waals surface area contributed by atoms with Crippen molar-refractivity contribution in [3.05, 3.63) is 144 Å². The van der Waals surface area contributed by atoms with Gasteiger partial charge in [0.05, 0.1) is 22.5 Å². The molecule has 0 unspecified atom stereocenters. The average molecular weight is 963 g/mol. The summed E-state index contributed by atoms with van der Waals surface area (Å²) >= 11 is 0. The fourth-order valence-corrected chi connectivity index (χ4v) is 7.40. The standard InChI is InChI=1S/C52H55N5O.Pt/c1-49(2,3)32-34-21-23-54-48(25-34)57-43-16-14-13-15-41(43)42-19-18-39(30-45(42)57)58-40-22-24-53-47(31-40)56-33-55(44-20-17-35(29-46(44)56)50(4,5)6)38-27-36(51(7,8)9)26-37(28-38)52(10,11)12;/h13-29H,32H2,1-12H3;/q-2;/i32D2;. The van der Waals surface area contributed by atoms with Crippen LogP contribution in [-0.2, 0) is 43.7 Å². The van der Waals surface area contributed by atoms with Gasteiger partial charge >= 0.3 is 0 Å². The minimum Gasteiger partial charge on any atom is -0.522 e. The molecule has 0 saturated heterocycles. The SMILES string of the molecule is [2H]C([2H])(c1ccnc(-n2c3[c-]c(Oc4[c-]c(-n5[c-][n+](-c6cc(C(C)(C)C)cc(C(C)(C)C)c6)c6ccc(C(C)(C)C)cc65)ncc4)ccc3c3ccccc32)c1)C(C)(C)C.[Pt]. The van der Waals surface area contributed by atoms with Crippen molar-refractivity contribution >= 4 is 32.8 Å². The molecule has 59 heavy (non-hydrogen) atoms. The molecule has 0 aliphatic carbocycles. The number of ether oxygens (including phenoxy) is 1. The maximum atomic E-state index is 8.98. The predicted molar refractivity (Wildman–Crippen MR) is 237 cm³/mol. The van der Waals surface area contributed by atoms with Crippen LogP contribution in [0.1, 0.15) is 108 Å². The molecule has 8 aromatic rings. The zero-order valence-electron chi connectivity index (χ0n) is 38.3. The summed E-state index contributed by atoms with van der Waals surface area (Å²) in [6.07, 6.45) is 5.52. The summed E-state index contributed by atoms with van der Waals surface area (Å²) in [6.45, 7) is 26.0. The van der Waals surface area contributed by atoms with Crippen LogP contribution in [0.2, 0.25) is 0 Å². The van der Waals surface area contributed by atoms with Gasteiger partial charge in [0, 0.05) is 41.3 Å². The molecule has 0 spiro atoms. The molecule has 0 atom stereocenters. The third kappa shape index (κ3) is 8.52. The molecule has 4 aromatic carbocycles. The Bertz CT molecular complexity index is 2900. The summed E-state index contributed by atoms with van der Waals surface area (Å²) in [4.78, 5) is 9.57. The summed E-state index contributed by atoms with van der Waals surface area (Å²) < 4.78 is 30.7. The molecule has 7 heteroatoms. The van der Waals surface area contributed by atoms with Gasteiger partial charge in [0.1, 0.15) is 5.82 Å². The smallest absolute Gasteiger partial charge is 0.269 e. The second-order valence-corrected chi connectivity index (χ2v) is 19.6. The molecule has 306 valence electrons. The molecule has 4 aromatic heterocycles. The van der Waals surface area contributed by atoms with Crippen LogP contribution in [0.4, 0.5) is 0 Å². The van der Waals surface area contributed by atoms with Gasteiger partial charge in [-0.3, -0.25) is 14.1 Å². The molecule has 6 nitrogen and oxygen atoms in total. The van der Waals surface area contributed by atoms with Crippen LogP contribution < -0.4 is 9.30 Å². The van der Waals surface area contributed by atoms with Gasteiger partial charge < -0.3 is 9.30 Å². The van der Waals surface area contributed by atoms with Crippen LogP contribution in [0.15, 0.2) is 103 Å². The molecular weight excluding hydrogens is 906 g/mol. The second-order valence-electron chi connectivity index (χ2n) is 19.6. The molecule has 4 heterocycles. The largest absolute Gasteiger partial charge is 0.522 e. The summed E-state index contributed by atoms with van der Waals surface area (Å²) in [5, 5.41) is 2.03. The molecular formula is C52H55N5OPt-2. The van der Waals surface area contributed by atoms with Gasteiger partial charge in [0.2, 0.25) is 0 Å². The van der Waals surface area contributed by atoms with Crippen LogP contribution in [0.3, 0.4) is 0 Å². The third-order valence-electron chi connectivity index (χ3n) is 10.6. The Hall–Kier alpha value is -5.06. The molecule has 0 fully saturated rings. The minimum absolute atomic E-state index is 0. The summed E-state index contributed by atoms with van der Waals surface area (Å²) in [6, 6.07) is 38.1. The van der Waals surface area contributed by atoms with Crippen molar-refractivity contribution in [3.63, 3.8) is 0 Å². The Balaban J connectivity index is 0.00000561. The van der Waals surface area contributed by atoms with Crippen LogP contribution in [0.25, 0.3) is 50.2 Å². The van der Waals surface area contributed by atoms with Crippen molar-refractivity contribution in [1.82, 2.24) is 19.1 Å². The molecule has 0 bridgehead atoms. The Morgan fingerprint density at radius 1 is 0.644 bits per heavy atom. The van der Waals surface area contributed by atoms with E-state index in [1.54, 1.807) is 24.5 Å². The van der Waals surface area contributed by atoms with Crippen molar-refractivity contribution in [1.29, 1.82) is 0 Å². The fourth-order valence-electron chi connectivity index (χ4n) is 7.40. The van der Waals surface area contributed by atoms with Gasteiger partial charge in [-0.05, 0) is 97.8 Å². The fraction of sp³-hybridized carbons (Fsp3) is 0.327. The minimum atomic E-state index is -1.59. The number of aromatic nitrogens is 5. The quantitative estimate of drug-likeness (QED) is 0.123. The number of hydrogen-bond donors (Lipinski definition) is 0. The third-order valence-corrected chi connectivity index (χ3v) is 10.6. The first-order valence-corrected chi connectivity index (χ1v) is 20.2. The number of imidazole rings is 1. The first-order valence-electron chi connectivity index (χ1n) is 21.2. The number of rotatable bonds is 6. The zero-order valence-corrected chi connectivity index (χ0v) is 38.5. The van der Waals surface area contributed by atoms with Gasteiger partial charge in [0.25, 0.3) is 6.33 Å². The van der Waals surface area contributed by atoms with E-state index in [1.165, 1.54) is 16.7 Å². The van der Waals surface area contributed by atoms with Crippen LogP contribution in [-0.4, -0.2) is 19.1 Å². The number of para-hydroxylation sites is 1. The van der Waals surface area contributed by atoms with E-state index in [9.17, 15) is 0 Å². The van der Waals surface area contributed by atoms with E-state index in [-0.39, 0.29) is 37.3 Å². The summed E-state index contributed by atoms with van der Waals surface area (Å²) in [7, 11) is 0. The average Bonchev–Trinajstić information content (AvgIpc) is 3.72. The molecule has 0 aliphatic heterocycles. The van der Waals surface area contributed by atoms with Crippen molar-refractivity contribution in [2.24, 2.45) is 5.41 Å². The van der Waals surface area contributed by atoms with Gasteiger partial charge in [-0.2, -0.15) is 18.2 Å². The van der Waals surface area contributed by atoms with Crippen LogP contribution in [0, 0.1) is 23.9 Å². The Morgan fingerprint density at radius 2 is 1.31 bits per heavy atom. The number of fused-ring (bicyclic) bond motifs is 4. The molecule has 0 radical (unpaired) electrons. The predicted octanol–water partition coefficient (Wildman–Crippen LogP) is 12.5. The van der Waals surface area contributed by atoms with Crippen molar-refractivity contribution in [2.45, 2.75) is 106 Å². The van der Waals surface area contributed by atoms with E-state index in [0.29, 0.717) is 28.7 Å². The normalized spacial score (nSPS) is 13.4. The van der Waals surface area contributed by atoms with Gasteiger partial charge in [-0.25, -0.2) is 4.98 Å². The molecule has 0 amide bonds. The summed E-state index contributed by atoms with van der Waals surface area (Å²) in [5.74, 6) is 2.14. The monoisotopic (exact) mass is 962 g/mol. The van der Waals surface area contributed by atoms with Crippen molar-refractivity contribution < 1.29 is 33.1 Å². The number of benzene rings is 4. The van der Waals surface area contributed by atoms with E-state index in [0.717, 1.165) is 38.5 Å². The van der Waals surface area contributed by atoms with Crippen LogP contribution >= 0.6 is 0 Å². The Labute approximate surface area is 367 Å². The Kier molecular flexibility index (Phi) is 10.1. The topological polar surface area (TPSA) is 48.8 Å². The van der Waals surface area contributed by atoms with Gasteiger partial charge in [-0.15, -0.1) is 17.5 Å². The Morgan fingerprint density at radius 3 is 1.98 bits per heavy atom. The van der Waals surface area contributed by atoms with Gasteiger partial charge in [-0.1, -0.05) is 131 Å². The molecule has 0 N–H and O–H groups in total. The maximum absolute atomic E-state index is 8.98. The molecule has 0 aliphatic rings. The molecule has 0 saturated carbocycles. The number of nitrogens with zero attached hydrogens (tertiary/aromatic N) is 5. The number of hydrogen-bond acceptors (Lipinski definition) is 3. The van der Waals surface area contributed by atoms with E-state index in [4.69, 9.17) is 17.4 Å². The molecule has 8 rings (SSSR count). The van der Waals surface area contributed by atoms with E-state index in [1.807, 2.05) is 60.2 Å². The van der Waals surface area contributed by atoms with Crippen LogP contribution in [0.5, 0.6) is 11.5 Å². The van der Waals surface area contributed by atoms with E-state index >= 15 is 0 Å².